The van der Waals surface area contributed by atoms with Gasteiger partial charge < -0.3 is 0 Å². The summed E-state index contributed by atoms with van der Waals surface area (Å²) in [6, 6.07) is 23.7. The largest absolute Gasteiger partial charge is 0.296 e. The Balaban J connectivity index is 1.48. The van der Waals surface area contributed by atoms with E-state index in [1.165, 1.54) is 15.6 Å². The zero-order chi connectivity index (χ0) is 23.4. The van der Waals surface area contributed by atoms with Crippen LogP contribution in [0.25, 0.3) is 10.6 Å². The van der Waals surface area contributed by atoms with Gasteiger partial charge in [-0.1, -0.05) is 71.5 Å². The van der Waals surface area contributed by atoms with Crippen LogP contribution in [0.2, 0.25) is 0 Å². The number of carbonyl (C=O) groups excluding carboxylic acids is 1. The molecule has 0 aliphatic rings. The van der Waals surface area contributed by atoms with E-state index in [0.717, 1.165) is 22.9 Å². The number of sulfonamides is 1. The molecule has 33 heavy (non-hydrogen) atoms. The van der Waals surface area contributed by atoms with Gasteiger partial charge in [-0.25, -0.2) is 8.42 Å². The third kappa shape index (κ3) is 5.63. The smallest absolute Gasteiger partial charge is 0.257 e. The summed E-state index contributed by atoms with van der Waals surface area (Å²) in [6.45, 7) is 2.22. The average Bonchev–Trinajstić information content (AvgIpc) is 3.26. The molecule has 0 aliphatic heterocycles. The van der Waals surface area contributed by atoms with Crippen molar-refractivity contribution in [3.05, 3.63) is 95.6 Å². The molecule has 0 fully saturated rings. The SMILES string of the molecule is Cc1ccc(-c2nnc(NC(=O)c3ccc(N(Cc4ccccc4)S(C)(=O)=O)cc3)s2)cc1. The second-order valence-corrected chi connectivity index (χ2v) is 10.4. The summed E-state index contributed by atoms with van der Waals surface area (Å²) in [7, 11) is -3.51. The molecule has 4 aromatic rings. The maximum absolute atomic E-state index is 12.7. The molecule has 168 valence electrons. The van der Waals surface area contributed by atoms with Crippen LogP contribution in [0.15, 0.2) is 78.9 Å². The van der Waals surface area contributed by atoms with E-state index in [0.29, 0.717) is 21.4 Å². The number of anilines is 2. The van der Waals surface area contributed by atoms with Crippen LogP contribution in [-0.2, 0) is 16.6 Å². The molecule has 0 unspecified atom stereocenters. The van der Waals surface area contributed by atoms with Crippen molar-refractivity contribution in [3.63, 3.8) is 0 Å². The van der Waals surface area contributed by atoms with Crippen molar-refractivity contribution in [2.75, 3.05) is 15.9 Å². The Morgan fingerprint density at radius 3 is 2.24 bits per heavy atom. The number of hydrogen-bond acceptors (Lipinski definition) is 6. The predicted molar refractivity (Wildman–Crippen MR) is 132 cm³/mol. The molecule has 0 saturated heterocycles. The Hall–Kier alpha value is -3.56. The molecule has 1 aromatic heterocycles. The summed E-state index contributed by atoms with van der Waals surface area (Å²) in [6.07, 6.45) is 1.16. The van der Waals surface area contributed by atoms with Crippen LogP contribution in [0.4, 0.5) is 10.8 Å². The fraction of sp³-hybridized carbons (Fsp3) is 0.125. The topological polar surface area (TPSA) is 92.3 Å². The van der Waals surface area contributed by atoms with Gasteiger partial charge in [0.2, 0.25) is 15.2 Å². The fourth-order valence-corrected chi connectivity index (χ4v) is 4.82. The minimum atomic E-state index is -3.51. The van der Waals surface area contributed by atoms with E-state index in [1.807, 2.05) is 61.5 Å². The highest BCUT2D eigenvalue weighted by molar-refractivity contribution is 7.92. The van der Waals surface area contributed by atoms with Crippen LogP contribution in [-0.4, -0.2) is 30.8 Å². The number of hydrogen-bond donors (Lipinski definition) is 1. The van der Waals surface area contributed by atoms with Gasteiger partial charge in [0.05, 0.1) is 18.5 Å². The lowest BCUT2D eigenvalue weighted by Crippen LogP contribution is -2.29. The minimum absolute atomic E-state index is 0.206. The standard InChI is InChI=1S/C24H22N4O3S2/c1-17-8-10-20(11-9-17)23-26-27-24(32-23)25-22(29)19-12-14-21(15-13-19)28(33(2,30)31)16-18-6-4-3-5-7-18/h3-15H,16H2,1-2H3,(H,25,27,29). The molecule has 0 atom stereocenters. The first-order chi connectivity index (χ1) is 15.8. The summed E-state index contributed by atoms with van der Waals surface area (Å²) in [5.74, 6) is -0.345. The van der Waals surface area contributed by atoms with Gasteiger partial charge in [0.1, 0.15) is 5.01 Å². The molecule has 1 heterocycles. The number of nitrogens with one attached hydrogen (secondary N) is 1. The molecule has 0 aliphatic carbocycles. The van der Waals surface area contributed by atoms with Crippen molar-refractivity contribution in [1.29, 1.82) is 0 Å². The number of aromatic nitrogens is 2. The van der Waals surface area contributed by atoms with E-state index >= 15 is 0 Å². The van der Waals surface area contributed by atoms with Crippen molar-refractivity contribution < 1.29 is 13.2 Å². The van der Waals surface area contributed by atoms with Crippen molar-refractivity contribution in [1.82, 2.24) is 10.2 Å². The highest BCUT2D eigenvalue weighted by Gasteiger charge is 2.19. The van der Waals surface area contributed by atoms with Gasteiger partial charge in [-0.2, -0.15) is 0 Å². The van der Waals surface area contributed by atoms with Crippen LogP contribution in [0.1, 0.15) is 21.5 Å². The molecule has 3 aromatic carbocycles. The molecule has 0 spiro atoms. The van der Waals surface area contributed by atoms with Gasteiger partial charge >= 0.3 is 0 Å². The Labute approximate surface area is 196 Å². The third-order valence-electron chi connectivity index (χ3n) is 4.93. The highest BCUT2D eigenvalue weighted by atomic mass is 32.2. The van der Waals surface area contributed by atoms with E-state index in [-0.39, 0.29) is 12.5 Å². The maximum atomic E-state index is 12.7. The van der Waals surface area contributed by atoms with E-state index in [2.05, 4.69) is 15.5 Å². The van der Waals surface area contributed by atoms with Crippen LogP contribution >= 0.6 is 11.3 Å². The van der Waals surface area contributed by atoms with Crippen LogP contribution in [0.3, 0.4) is 0 Å². The van der Waals surface area contributed by atoms with Crippen LogP contribution in [0.5, 0.6) is 0 Å². The lowest BCUT2D eigenvalue weighted by atomic mass is 10.2. The van der Waals surface area contributed by atoms with Crippen LogP contribution < -0.4 is 9.62 Å². The van der Waals surface area contributed by atoms with Gasteiger partial charge in [-0.3, -0.25) is 14.4 Å². The second kappa shape index (κ2) is 9.51. The summed E-state index contributed by atoms with van der Waals surface area (Å²) in [4.78, 5) is 12.7. The summed E-state index contributed by atoms with van der Waals surface area (Å²) in [5.41, 5.74) is 3.82. The number of amides is 1. The van der Waals surface area contributed by atoms with Gasteiger partial charge in [0.25, 0.3) is 5.91 Å². The molecular formula is C24H22N4O3S2. The number of benzene rings is 3. The molecule has 0 radical (unpaired) electrons. The normalized spacial score (nSPS) is 11.2. The molecule has 7 nitrogen and oxygen atoms in total. The van der Waals surface area contributed by atoms with Gasteiger partial charge in [0, 0.05) is 11.1 Å². The molecule has 1 amide bonds. The third-order valence-corrected chi connectivity index (χ3v) is 6.96. The molecule has 1 N–H and O–H groups in total. The lowest BCUT2D eigenvalue weighted by Gasteiger charge is -2.22. The van der Waals surface area contributed by atoms with Crippen molar-refractivity contribution in [2.24, 2.45) is 0 Å². The van der Waals surface area contributed by atoms with Crippen LogP contribution in [0, 0.1) is 6.92 Å². The van der Waals surface area contributed by atoms with Gasteiger partial charge in [-0.05, 0) is 36.8 Å². The Morgan fingerprint density at radius 1 is 0.939 bits per heavy atom. The first-order valence-corrected chi connectivity index (χ1v) is 12.8. The van der Waals surface area contributed by atoms with Gasteiger partial charge in [0.15, 0.2) is 0 Å². The number of carbonyl (C=O) groups is 1. The first-order valence-electron chi connectivity index (χ1n) is 10.1. The van der Waals surface area contributed by atoms with E-state index in [9.17, 15) is 13.2 Å². The molecule has 0 saturated carbocycles. The quantitative estimate of drug-likeness (QED) is 0.414. The predicted octanol–water partition coefficient (Wildman–Crippen LogP) is 4.73. The number of nitrogens with zero attached hydrogens (tertiary/aromatic N) is 3. The second-order valence-electron chi connectivity index (χ2n) is 7.53. The summed E-state index contributed by atoms with van der Waals surface area (Å²) in [5, 5.41) is 12.1. The zero-order valence-electron chi connectivity index (χ0n) is 18.1. The van der Waals surface area contributed by atoms with Crippen molar-refractivity contribution in [2.45, 2.75) is 13.5 Å². The first kappa shape index (κ1) is 22.6. The molecule has 9 heteroatoms. The Morgan fingerprint density at radius 2 is 1.61 bits per heavy atom. The molecule has 4 rings (SSSR count). The Kier molecular flexibility index (Phi) is 6.52. The van der Waals surface area contributed by atoms with Crippen molar-refractivity contribution >= 4 is 38.1 Å². The minimum Gasteiger partial charge on any atom is -0.296 e. The van der Waals surface area contributed by atoms with E-state index in [4.69, 9.17) is 0 Å². The zero-order valence-corrected chi connectivity index (χ0v) is 19.7. The highest BCUT2D eigenvalue weighted by Crippen LogP contribution is 2.27. The monoisotopic (exact) mass is 478 g/mol. The van der Waals surface area contributed by atoms with E-state index in [1.54, 1.807) is 24.3 Å². The average molecular weight is 479 g/mol. The summed E-state index contributed by atoms with van der Waals surface area (Å²) < 4.78 is 26.0. The Bertz CT molecular complexity index is 1350. The molecular weight excluding hydrogens is 456 g/mol. The van der Waals surface area contributed by atoms with Gasteiger partial charge in [-0.15, -0.1) is 10.2 Å². The number of aryl methyl sites for hydroxylation is 1. The maximum Gasteiger partial charge on any atom is 0.257 e. The lowest BCUT2D eigenvalue weighted by molar-refractivity contribution is 0.102. The van der Waals surface area contributed by atoms with E-state index < -0.39 is 10.0 Å². The number of rotatable bonds is 7. The fourth-order valence-electron chi connectivity index (χ4n) is 3.18. The summed E-state index contributed by atoms with van der Waals surface area (Å²) >= 11 is 1.29. The molecule has 0 bridgehead atoms. The van der Waals surface area contributed by atoms with Crippen molar-refractivity contribution in [3.8, 4) is 10.6 Å².